The second-order valence-corrected chi connectivity index (χ2v) is 6.37. The maximum atomic E-state index is 12.3. The molecule has 2 saturated heterocycles. The van der Waals surface area contributed by atoms with Crippen LogP contribution in [0, 0.1) is 5.92 Å². The highest BCUT2D eigenvalue weighted by Gasteiger charge is 2.30. The molecule has 1 amide bonds. The lowest BCUT2D eigenvalue weighted by molar-refractivity contribution is -0.126. The van der Waals surface area contributed by atoms with Crippen LogP contribution >= 0.6 is 0 Å². The molecule has 1 N–H and O–H groups in total. The normalized spacial score (nSPS) is 25.2. The quantitative estimate of drug-likeness (QED) is 0.930. The van der Waals surface area contributed by atoms with Gasteiger partial charge in [-0.3, -0.25) is 4.79 Å². The van der Waals surface area contributed by atoms with Gasteiger partial charge in [-0.1, -0.05) is 18.2 Å². The molecule has 120 valence electrons. The molecular formula is C18H26N2O2. The van der Waals surface area contributed by atoms with Crippen molar-refractivity contribution in [3.8, 4) is 0 Å². The highest BCUT2D eigenvalue weighted by atomic mass is 16.5. The van der Waals surface area contributed by atoms with Gasteiger partial charge in [-0.15, -0.1) is 0 Å². The van der Waals surface area contributed by atoms with Gasteiger partial charge in [-0.05, 0) is 44.2 Å². The van der Waals surface area contributed by atoms with E-state index in [1.54, 1.807) is 0 Å². The van der Waals surface area contributed by atoms with E-state index in [1.165, 1.54) is 30.5 Å². The highest BCUT2D eigenvalue weighted by molar-refractivity contribution is 5.79. The van der Waals surface area contributed by atoms with Gasteiger partial charge in [0.2, 0.25) is 5.91 Å². The van der Waals surface area contributed by atoms with Crippen molar-refractivity contribution in [2.24, 2.45) is 5.92 Å². The van der Waals surface area contributed by atoms with Crippen molar-refractivity contribution in [2.75, 3.05) is 24.6 Å². The van der Waals surface area contributed by atoms with Crippen LogP contribution < -0.4 is 10.2 Å². The van der Waals surface area contributed by atoms with E-state index in [0.29, 0.717) is 13.2 Å². The van der Waals surface area contributed by atoms with Crippen molar-refractivity contribution in [1.82, 2.24) is 5.32 Å². The zero-order chi connectivity index (χ0) is 15.4. The SMILES string of the molecule is C[C@@H]1OCC[C@@H]1C(=O)NCc1ccccc1N1CCCCC1. The summed E-state index contributed by atoms with van der Waals surface area (Å²) in [7, 11) is 0. The second-order valence-electron chi connectivity index (χ2n) is 6.37. The van der Waals surface area contributed by atoms with Crippen molar-refractivity contribution in [1.29, 1.82) is 0 Å². The van der Waals surface area contributed by atoms with Gasteiger partial charge in [0.25, 0.3) is 0 Å². The maximum absolute atomic E-state index is 12.3. The molecule has 2 heterocycles. The van der Waals surface area contributed by atoms with E-state index >= 15 is 0 Å². The topological polar surface area (TPSA) is 41.6 Å². The molecule has 0 unspecified atom stereocenters. The molecule has 0 aliphatic carbocycles. The summed E-state index contributed by atoms with van der Waals surface area (Å²) < 4.78 is 5.49. The van der Waals surface area contributed by atoms with Gasteiger partial charge < -0.3 is 15.0 Å². The first-order valence-electron chi connectivity index (χ1n) is 8.48. The average Bonchev–Trinajstić information content (AvgIpc) is 3.00. The van der Waals surface area contributed by atoms with Crippen LogP contribution in [0.5, 0.6) is 0 Å². The van der Waals surface area contributed by atoms with E-state index in [2.05, 4.69) is 34.5 Å². The van der Waals surface area contributed by atoms with Gasteiger partial charge in [-0.25, -0.2) is 0 Å². The van der Waals surface area contributed by atoms with Crippen molar-refractivity contribution >= 4 is 11.6 Å². The van der Waals surface area contributed by atoms with Gasteiger partial charge in [0, 0.05) is 31.9 Å². The molecule has 2 aliphatic rings. The number of amides is 1. The minimum absolute atomic E-state index is 0.00199. The minimum Gasteiger partial charge on any atom is -0.378 e. The lowest BCUT2D eigenvalue weighted by atomic mass is 10.0. The largest absolute Gasteiger partial charge is 0.378 e. The molecule has 2 aliphatic heterocycles. The summed E-state index contributed by atoms with van der Waals surface area (Å²) in [5.74, 6) is 0.126. The number of piperidine rings is 1. The van der Waals surface area contributed by atoms with Crippen molar-refractivity contribution < 1.29 is 9.53 Å². The van der Waals surface area contributed by atoms with Gasteiger partial charge in [-0.2, -0.15) is 0 Å². The number of ether oxygens (including phenoxy) is 1. The third-order valence-corrected chi connectivity index (χ3v) is 4.85. The molecule has 1 aromatic carbocycles. The van der Waals surface area contributed by atoms with Gasteiger partial charge >= 0.3 is 0 Å². The van der Waals surface area contributed by atoms with E-state index in [0.717, 1.165) is 19.5 Å². The Labute approximate surface area is 132 Å². The molecule has 0 radical (unpaired) electrons. The smallest absolute Gasteiger partial charge is 0.226 e. The highest BCUT2D eigenvalue weighted by Crippen LogP contribution is 2.25. The number of rotatable bonds is 4. The Kier molecular flexibility index (Phi) is 4.98. The van der Waals surface area contributed by atoms with Crippen molar-refractivity contribution in [3.63, 3.8) is 0 Å². The summed E-state index contributed by atoms with van der Waals surface area (Å²) in [6, 6.07) is 8.44. The summed E-state index contributed by atoms with van der Waals surface area (Å²) in [5.41, 5.74) is 2.49. The molecule has 0 spiro atoms. The maximum Gasteiger partial charge on any atom is 0.226 e. The van der Waals surface area contributed by atoms with Crippen LogP contribution in [0.3, 0.4) is 0 Å². The summed E-state index contributed by atoms with van der Waals surface area (Å²) in [4.78, 5) is 14.8. The van der Waals surface area contributed by atoms with Crippen molar-refractivity contribution in [2.45, 2.75) is 45.3 Å². The molecule has 0 aromatic heterocycles. The summed E-state index contributed by atoms with van der Waals surface area (Å²) in [6.45, 7) is 5.54. The Morgan fingerprint density at radius 1 is 1.27 bits per heavy atom. The summed E-state index contributed by atoms with van der Waals surface area (Å²) in [5, 5.41) is 3.11. The van der Waals surface area contributed by atoms with E-state index in [9.17, 15) is 4.79 Å². The molecule has 4 heteroatoms. The molecule has 0 saturated carbocycles. The van der Waals surface area contributed by atoms with E-state index in [-0.39, 0.29) is 17.9 Å². The zero-order valence-electron chi connectivity index (χ0n) is 13.4. The van der Waals surface area contributed by atoms with Crippen LogP contribution in [0.4, 0.5) is 5.69 Å². The molecule has 2 fully saturated rings. The fourth-order valence-electron chi connectivity index (χ4n) is 3.49. The first-order chi connectivity index (χ1) is 10.8. The number of carbonyl (C=O) groups excluding carboxylic acids is 1. The predicted molar refractivity (Wildman–Crippen MR) is 87.9 cm³/mol. The third kappa shape index (κ3) is 3.43. The van der Waals surface area contributed by atoms with Crippen LogP contribution in [0.2, 0.25) is 0 Å². The number of carbonyl (C=O) groups is 1. The van der Waals surface area contributed by atoms with Crippen LogP contribution in [0.25, 0.3) is 0 Å². The fraction of sp³-hybridized carbons (Fsp3) is 0.611. The van der Waals surface area contributed by atoms with E-state index in [1.807, 2.05) is 6.92 Å². The molecular weight excluding hydrogens is 276 g/mol. The Morgan fingerprint density at radius 3 is 2.77 bits per heavy atom. The van der Waals surface area contributed by atoms with Crippen LogP contribution in [-0.2, 0) is 16.1 Å². The second kappa shape index (κ2) is 7.14. The van der Waals surface area contributed by atoms with Gasteiger partial charge in [0.1, 0.15) is 0 Å². The van der Waals surface area contributed by atoms with Crippen LogP contribution in [-0.4, -0.2) is 31.7 Å². The van der Waals surface area contributed by atoms with Crippen LogP contribution in [0.15, 0.2) is 24.3 Å². The number of anilines is 1. The number of para-hydroxylation sites is 1. The number of benzene rings is 1. The number of nitrogens with zero attached hydrogens (tertiary/aromatic N) is 1. The monoisotopic (exact) mass is 302 g/mol. The molecule has 2 atom stereocenters. The molecule has 1 aromatic rings. The Hall–Kier alpha value is -1.55. The Bertz CT molecular complexity index is 512. The lowest BCUT2D eigenvalue weighted by Gasteiger charge is -2.30. The molecule has 0 bridgehead atoms. The van der Waals surface area contributed by atoms with Gasteiger partial charge in [0.15, 0.2) is 0 Å². The molecule has 3 rings (SSSR count). The zero-order valence-corrected chi connectivity index (χ0v) is 13.4. The minimum atomic E-state index is 0.00199. The molecule has 4 nitrogen and oxygen atoms in total. The van der Waals surface area contributed by atoms with Crippen LogP contribution in [0.1, 0.15) is 38.2 Å². The number of hydrogen-bond acceptors (Lipinski definition) is 3. The van der Waals surface area contributed by atoms with E-state index in [4.69, 9.17) is 4.74 Å². The summed E-state index contributed by atoms with van der Waals surface area (Å²) >= 11 is 0. The Morgan fingerprint density at radius 2 is 2.05 bits per heavy atom. The molecule has 22 heavy (non-hydrogen) atoms. The summed E-state index contributed by atoms with van der Waals surface area (Å²) in [6.07, 6.45) is 4.72. The first-order valence-corrected chi connectivity index (χ1v) is 8.48. The van der Waals surface area contributed by atoms with Gasteiger partial charge in [0.05, 0.1) is 12.0 Å². The first kappa shape index (κ1) is 15.3. The predicted octanol–water partition coefficient (Wildman–Crippen LogP) is 2.72. The standard InChI is InChI=1S/C18H26N2O2/c1-14-16(9-12-22-14)18(21)19-13-15-7-3-4-8-17(15)20-10-5-2-6-11-20/h3-4,7-8,14,16H,2,5-6,9-13H2,1H3,(H,19,21)/t14-,16-/m0/s1. The van der Waals surface area contributed by atoms with Crippen molar-refractivity contribution in [3.05, 3.63) is 29.8 Å². The fourth-order valence-corrected chi connectivity index (χ4v) is 3.49. The number of hydrogen-bond donors (Lipinski definition) is 1. The average molecular weight is 302 g/mol. The number of nitrogens with one attached hydrogen (secondary N) is 1. The lowest BCUT2D eigenvalue weighted by Crippen LogP contribution is -2.35. The third-order valence-electron chi connectivity index (χ3n) is 4.85. The Balaban J connectivity index is 1.63. The van der Waals surface area contributed by atoms with E-state index < -0.39 is 0 Å².